The number of para-hydroxylation sites is 1. The number of nitrogens with zero attached hydrogens (tertiary/aromatic N) is 2. The fraction of sp³-hybridized carbons (Fsp3) is 0.200. The topological polar surface area (TPSA) is 110 Å². The van der Waals surface area contributed by atoms with Gasteiger partial charge in [0.15, 0.2) is 0 Å². The lowest BCUT2D eigenvalue weighted by Gasteiger charge is -2.09. The number of fused-ring (bicyclic) bond motifs is 2. The second-order valence-electron chi connectivity index (χ2n) is 6.47. The molecular weight excluding hydrogens is 374 g/mol. The van der Waals surface area contributed by atoms with Crippen LogP contribution in [0, 0.1) is 11.3 Å². The van der Waals surface area contributed by atoms with Crippen molar-refractivity contribution in [1.29, 1.82) is 5.26 Å². The maximum atomic E-state index is 12.2. The number of H-pyrrole nitrogens is 1. The van der Waals surface area contributed by atoms with Crippen LogP contribution in [0.25, 0.3) is 10.9 Å². The molecule has 0 saturated carbocycles. The molecule has 28 heavy (non-hydrogen) atoms. The molecule has 7 nitrogen and oxygen atoms in total. The summed E-state index contributed by atoms with van der Waals surface area (Å²) >= 11 is 1.38. The number of aromatic nitrogens is 1. The standard InChI is InChI=1S/C20H17N5O2S/c21-9-15-14-6-2-4-8-17(14)28-20(15)24-18(26)19(27)25-23-11-12-10-22-16-7-3-1-5-13(12)16/h1,3,5,7,10-11,22H,2,4,6,8H2,(H,24,26)(H,25,27)/b23-11+. The molecule has 0 saturated heterocycles. The second kappa shape index (κ2) is 7.66. The fourth-order valence-electron chi connectivity index (χ4n) is 3.34. The SMILES string of the molecule is N#Cc1c(NC(=O)C(=O)N/N=C/c2c[nH]c3ccccc23)sc2c1CCCC2. The summed E-state index contributed by atoms with van der Waals surface area (Å²) in [6.07, 6.45) is 7.12. The molecule has 140 valence electrons. The lowest BCUT2D eigenvalue weighted by Crippen LogP contribution is -2.32. The zero-order valence-electron chi connectivity index (χ0n) is 14.9. The molecule has 0 spiro atoms. The predicted octanol–water partition coefficient (Wildman–Crippen LogP) is 3.07. The first-order chi connectivity index (χ1) is 13.7. The van der Waals surface area contributed by atoms with Gasteiger partial charge in [0.05, 0.1) is 11.8 Å². The third-order valence-electron chi connectivity index (χ3n) is 4.71. The zero-order valence-corrected chi connectivity index (χ0v) is 15.7. The molecule has 0 fully saturated rings. The van der Waals surface area contributed by atoms with Gasteiger partial charge in [-0.2, -0.15) is 10.4 Å². The van der Waals surface area contributed by atoms with Crippen molar-refractivity contribution in [2.75, 3.05) is 5.32 Å². The third kappa shape index (κ3) is 3.40. The normalized spacial score (nSPS) is 13.2. The number of hydrogen-bond acceptors (Lipinski definition) is 5. The third-order valence-corrected chi connectivity index (χ3v) is 5.91. The van der Waals surface area contributed by atoms with Crippen LogP contribution in [0.5, 0.6) is 0 Å². The number of aromatic amines is 1. The summed E-state index contributed by atoms with van der Waals surface area (Å²) in [4.78, 5) is 28.5. The molecule has 3 N–H and O–H groups in total. The van der Waals surface area contributed by atoms with E-state index < -0.39 is 11.8 Å². The Balaban J connectivity index is 1.42. The number of benzene rings is 1. The number of thiophene rings is 1. The monoisotopic (exact) mass is 391 g/mol. The first-order valence-electron chi connectivity index (χ1n) is 8.92. The van der Waals surface area contributed by atoms with Gasteiger partial charge in [0.2, 0.25) is 0 Å². The predicted molar refractivity (Wildman–Crippen MR) is 108 cm³/mol. The van der Waals surface area contributed by atoms with Gasteiger partial charge in [0.25, 0.3) is 0 Å². The van der Waals surface area contributed by atoms with Gasteiger partial charge >= 0.3 is 11.8 Å². The Kier molecular flexibility index (Phi) is 4.91. The van der Waals surface area contributed by atoms with Crippen molar-refractivity contribution in [3.05, 3.63) is 52.0 Å². The minimum atomic E-state index is -0.883. The summed E-state index contributed by atoms with van der Waals surface area (Å²) in [6, 6.07) is 9.86. The fourth-order valence-corrected chi connectivity index (χ4v) is 4.58. The van der Waals surface area contributed by atoms with Gasteiger partial charge in [0, 0.05) is 27.5 Å². The Labute approximate surface area is 165 Å². The maximum Gasteiger partial charge on any atom is 0.329 e. The number of carbonyl (C=O) groups is 2. The second-order valence-corrected chi connectivity index (χ2v) is 7.57. The van der Waals surface area contributed by atoms with Gasteiger partial charge in [0.1, 0.15) is 11.1 Å². The summed E-state index contributed by atoms with van der Waals surface area (Å²) in [5.74, 6) is -1.72. The van der Waals surface area contributed by atoms with E-state index in [0.29, 0.717) is 10.6 Å². The van der Waals surface area contributed by atoms with E-state index in [1.165, 1.54) is 17.6 Å². The molecule has 0 radical (unpaired) electrons. The lowest BCUT2D eigenvalue weighted by atomic mass is 9.96. The molecule has 3 aromatic rings. The van der Waals surface area contributed by atoms with Gasteiger partial charge < -0.3 is 10.3 Å². The van der Waals surface area contributed by atoms with Crippen LogP contribution in [-0.4, -0.2) is 23.0 Å². The molecule has 0 unspecified atom stereocenters. The Morgan fingerprint density at radius 1 is 1.21 bits per heavy atom. The summed E-state index contributed by atoms with van der Waals surface area (Å²) < 4.78 is 0. The van der Waals surface area contributed by atoms with Crippen molar-refractivity contribution in [2.24, 2.45) is 5.10 Å². The van der Waals surface area contributed by atoms with Crippen molar-refractivity contribution < 1.29 is 9.59 Å². The molecule has 2 amide bonds. The van der Waals surface area contributed by atoms with Gasteiger partial charge in [-0.15, -0.1) is 11.3 Å². The molecule has 1 aliphatic carbocycles. The maximum absolute atomic E-state index is 12.2. The van der Waals surface area contributed by atoms with E-state index >= 15 is 0 Å². The minimum Gasteiger partial charge on any atom is -0.361 e. The Bertz CT molecular complexity index is 1140. The Hall–Kier alpha value is -3.44. The summed E-state index contributed by atoms with van der Waals surface area (Å²) in [6.45, 7) is 0. The number of anilines is 1. The Morgan fingerprint density at radius 3 is 2.89 bits per heavy atom. The van der Waals surface area contributed by atoms with Crippen LogP contribution in [0.3, 0.4) is 0 Å². The molecule has 2 heterocycles. The molecule has 0 aliphatic heterocycles. The van der Waals surface area contributed by atoms with Gasteiger partial charge in [-0.05, 0) is 37.3 Å². The van der Waals surface area contributed by atoms with Crippen LogP contribution in [0.2, 0.25) is 0 Å². The van der Waals surface area contributed by atoms with Crippen LogP contribution in [0.1, 0.15) is 34.4 Å². The van der Waals surface area contributed by atoms with E-state index in [1.54, 1.807) is 6.20 Å². The lowest BCUT2D eigenvalue weighted by molar-refractivity contribution is -0.136. The minimum absolute atomic E-state index is 0.440. The van der Waals surface area contributed by atoms with Crippen molar-refractivity contribution in [2.45, 2.75) is 25.7 Å². The van der Waals surface area contributed by atoms with E-state index in [2.05, 4.69) is 26.9 Å². The first kappa shape index (κ1) is 17.9. The van der Waals surface area contributed by atoms with E-state index in [0.717, 1.165) is 52.6 Å². The summed E-state index contributed by atoms with van der Waals surface area (Å²) in [7, 11) is 0. The number of nitrogens with one attached hydrogen (secondary N) is 3. The average molecular weight is 391 g/mol. The van der Waals surface area contributed by atoms with Crippen LogP contribution in [0.15, 0.2) is 35.6 Å². The molecule has 1 aromatic carbocycles. The summed E-state index contributed by atoms with van der Waals surface area (Å²) in [5.41, 5.74) is 5.47. The Morgan fingerprint density at radius 2 is 2.04 bits per heavy atom. The quantitative estimate of drug-likeness (QED) is 0.362. The number of carbonyl (C=O) groups excluding carboxylic acids is 2. The highest BCUT2D eigenvalue weighted by molar-refractivity contribution is 7.16. The highest BCUT2D eigenvalue weighted by atomic mass is 32.1. The van der Waals surface area contributed by atoms with E-state index in [-0.39, 0.29) is 0 Å². The smallest absolute Gasteiger partial charge is 0.329 e. The van der Waals surface area contributed by atoms with Crippen molar-refractivity contribution in [3.63, 3.8) is 0 Å². The van der Waals surface area contributed by atoms with Gasteiger partial charge in [-0.1, -0.05) is 18.2 Å². The number of hydrogen-bond donors (Lipinski definition) is 3. The first-order valence-corrected chi connectivity index (χ1v) is 9.74. The zero-order chi connectivity index (χ0) is 19.5. The molecule has 4 rings (SSSR count). The van der Waals surface area contributed by atoms with E-state index in [1.807, 2.05) is 24.3 Å². The van der Waals surface area contributed by atoms with Crippen LogP contribution >= 0.6 is 11.3 Å². The van der Waals surface area contributed by atoms with E-state index in [9.17, 15) is 14.9 Å². The van der Waals surface area contributed by atoms with Gasteiger partial charge in [-0.3, -0.25) is 9.59 Å². The summed E-state index contributed by atoms with van der Waals surface area (Å²) in [5, 5.41) is 17.3. The van der Waals surface area contributed by atoms with Crippen LogP contribution in [0.4, 0.5) is 5.00 Å². The van der Waals surface area contributed by atoms with Gasteiger partial charge in [-0.25, -0.2) is 5.43 Å². The number of rotatable bonds is 3. The molecule has 0 atom stereocenters. The molecule has 2 aromatic heterocycles. The van der Waals surface area contributed by atoms with Crippen molar-refractivity contribution in [3.8, 4) is 6.07 Å². The number of amides is 2. The van der Waals surface area contributed by atoms with Crippen LogP contribution < -0.4 is 10.7 Å². The van der Waals surface area contributed by atoms with Crippen molar-refractivity contribution >= 4 is 45.3 Å². The molecule has 1 aliphatic rings. The van der Waals surface area contributed by atoms with Crippen LogP contribution in [-0.2, 0) is 22.4 Å². The largest absolute Gasteiger partial charge is 0.361 e. The molecule has 0 bridgehead atoms. The highest BCUT2D eigenvalue weighted by Crippen LogP contribution is 2.37. The number of nitriles is 1. The van der Waals surface area contributed by atoms with E-state index in [4.69, 9.17) is 0 Å². The molecule has 8 heteroatoms. The molecular formula is C20H17N5O2S. The highest BCUT2D eigenvalue weighted by Gasteiger charge is 2.23. The average Bonchev–Trinajstić information content (AvgIpc) is 3.28. The van der Waals surface area contributed by atoms with Crippen molar-refractivity contribution in [1.82, 2.24) is 10.4 Å². The number of hydrazone groups is 1. The number of aryl methyl sites for hydroxylation is 1.